The van der Waals surface area contributed by atoms with Crippen LogP contribution < -0.4 is 9.47 Å². The number of hydrazone groups is 1. The van der Waals surface area contributed by atoms with Gasteiger partial charge in [-0.05, 0) is 47.4 Å². The fraction of sp³-hybridized carbons (Fsp3) is 0.250. The van der Waals surface area contributed by atoms with Gasteiger partial charge in [0.25, 0.3) is 5.91 Å². The summed E-state index contributed by atoms with van der Waals surface area (Å²) in [6, 6.07) is 21.8. The van der Waals surface area contributed by atoms with Gasteiger partial charge in [0.2, 0.25) is 0 Å². The topological polar surface area (TPSA) is 97.7 Å². The summed E-state index contributed by atoms with van der Waals surface area (Å²) in [6.45, 7) is -0.412. The molecule has 1 aliphatic rings. The molecule has 1 N–H and O–H groups in total. The molecule has 1 aliphatic heterocycles. The van der Waals surface area contributed by atoms with Crippen molar-refractivity contribution in [3.05, 3.63) is 89.5 Å². The van der Waals surface area contributed by atoms with Crippen LogP contribution in [0.2, 0.25) is 0 Å². The first-order valence-electron chi connectivity index (χ1n) is 11.6. The lowest BCUT2D eigenvalue weighted by molar-refractivity contribution is -0.152. The fourth-order valence-corrected chi connectivity index (χ4v) is 4.05. The van der Waals surface area contributed by atoms with Crippen molar-refractivity contribution in [2.75, 3.05) is 20.8 Å². The standard InChI is InChI=1S/C28H28N2O6/c1-34-22-12-10-21(11-13-22)24-17-23(20-6-4-3-5-7-20)29-30(24)27(32)18-36-28(33)15-9-19-8-14-26(35-2)25(31)16-19/h3-8,10-14,16,24,31H,9,15,17-18H2,1-2H3. The Hall–Kier alpha value is -4.33. The van der Waals surface area contributed by atoms with Crippen LogP contribution in [-0.4, -0.2) is 48.5 Å². The van der Waals surface area contributed by atoms with Crippen molar-refractivity contribution in [1.82, 2.24) is 5.01 Å². The normalized spacial score (nSPS) is 14.8. The molecule has 0 spiro atoms. The summed E-state index contributed by atoms with van der Waals surface area (Å²) in [4.78, 5) is 25.4. The average molecular weight is 489 g/mol. The van der Waals surface area contributed by atoms with Gasteiger partial charge >= 0.3 is 5.97 Å². The largest absolute Gasteiger partial charge is 0.504 e. The van der Waals surface area contributed by atoms with E-state index < -0.39 is 18.5 Å². The zero-order chi connectivity index (χ0) is 25.5. The number of hydrogen-bond acceptors (Lipinski definition) is 7. The van der Waals surface area contributed by atoms with E-state index in [1.807, 2.05) is 54.6 Å². The lowest BCUT2D eigenvalue weighted by Gasteiger charge is -2.22. The molecule has 0 saturated carbocycles. The maximum Gasteiger partial charge on any atom is 0.306 e. The third-order valence-electron chi connectivity index (χ3n) is 5.99. The van der Waals surface area contributed by atoms with Crippen molar-refractivity contribution in [1.29, 1.82) is 0 Å². The number of amides is 1. The Morgan fingerprint density at radius 2 is 1.75 bits per heavy atom. The number of rotatable bonds is 9. The molecule has 0 radical (unpaired) electrons. The van der Waals surface area contributed by atoms with Gasteiger partial charge in [-0.1, -0.05) is 48.5 Å². The van der Waals surface area contributed by atoms with E-state index in [0.717, 1.165) is 28.2 Å². The summed E-state index contributed by atoms with van der Waals surface area (Å²) in [7, 11) is 3.07. The van der Waals surface area contributed by atoms with Gasteiger partial charge in [-0.25, -0.2) is 5.01 Å². The lowest BCUT2D eigenvalue weighted by Crippen LogP contribution is -2.31. The summed E-state index contributed by atoms with van der Waals surface area (Å²) >= 11 is 0. The molecule has 4 rings (SSSR count). The Labute approximate surface area is 209 Å². The Kier molecular flexibility index (Phi) is 7.85. The van der Waals surface area contributed by atoms with Crippen LogP contribution in [0.4, 0.5) is 0 Å². The first-order valence-corrected chi connectivity index (χ1v) is 11.6. The number of nitrogens with zero attached hydrogens (tertiary/aromatic N) is 2. The van der Waals surface area contributed by atoms with Crippen LogP contribution in [-0.2, 0) is 20.7 Å². The van der Waals surface area contributed by atoms with Gasteiger partial charge in [0.15, 0.2) is 18.1 Å². The molecule has 36 heavy (non-hydrogen) atoms. The number of methoxy groups -OCH3 is 2. The summed E-state index contributed by atoms with van der Waals surface area (Å²) in [5.41, 5.74) is 3.39. The van der Waals surface area contributed by atoms with Crippen LogP contribution in [0.15, 0.2) is 77.9 Å². The Morgan fingerprint density at radius 1 is 1.00 bits per heavy atom. The Bertz CT molecular complexity index is 1240. The van der Waals surface area contributed by atoms with Crippen molar-refractivity contribution in [3.8, 4) is 17.2 Å². The summed E-state index contributed by atoms with van der Waals surface area (Å²) in [5, 5.41) is 15.9. The van der Waals surface area contributed by atoms with Gasteiger partial charge in [0, 0.05) is 12.8 Å². The van der Waals surface area contributed by atoms with Gasteiger partial charge in [-0.15, -0.1) is 0 Å². The van der Waals surface area contributed by atoms with Crippen molar-refractivity contribution in [3.63, 3.8) is 0 Å². The van der Waals surface area contributed by atoms with Crippen molar-refractivity contribution < 1.29 is 28.9 Å². The number of hydrogen-bond donors (Lipinski definition) is 1. The summed E-state index contributed by atoms with van der Waals surface area (Å²) < 4.78 is 15.5. The molecule has 1 heterocycles. The van der Waals surface area contributed by atoms with E-state index in [0.29, 0.717) is 18.6 Å². The van der Waals surface area contributed by atoms with Crippen LogP contribution in [0, 0.1) is 0 Å². The van der Waals surface area contributed by atoms with Gasteiger partial charge in [0.05, 0.1) is 26.0 Å². The smallest absolute Gasteiger partial charge is 0.306 e. The van der Waals surface area contributed by atoms with Crippen LogP contribution >= 0.6 is 0 Å². The molecule has 8 heteroatoms. The highest BCUT2D eigenvalue weighted by Crippen LogP contribution is 2.33. The molecule has 1 unspecified atom stereocenters. The number of esters is 1. The number of phenols is 1. The van der Waals surface area contributed by atoms with Crippen molar-refractivity contribution >= 4 is 17.6 Å². The van der Waals surface area contributed by atoms with Crippen LogP contribution in [0.5, 0.6) is 17.2 Å². The molecule has 0 saturated heterocycles. The van der Waals surface area contributed by atoms with Crippen molar-refractivity contribution in [2.24, 2.45) is 5.10 Å². The van der Waals surface area contributed by atoms with E-state index in [1.165, 1.54) is 12.1 Å². The predicted molar refractivity (Wildman–Crippen MR) is 134 cm³/mol. The third kappa shape index (κ3) is 5.83. The molecule has 0 aliphatic carbocycles. The molecule has 3 aromatic carbocycles. The number of ether oxygens (including phenoxy) is 3. The molecular weight excluding hydrogens is 460 g/mol. The minimum absolute atomic E-state index is 0.00392. The zero-order valence-corrected chi connectivity index (χ0v) is 20.2. The number of carbonyl (C=O) groups is 2. The predicted octanol–water partition coefficient (Wildman–Crippen LogP) is 4.26. The van der Waals surface area contributed by atoms with Crippen molar-refractivity contribution in [2.45, 2.75) is 25.3 Å². The van der Waals surface area contributed by atoms with Crippen LogP contribution in [0.25, 0.3) is 0 Å². The minimum atomic E-state index is -0.508. The third-order valence-corrected chi connectivity index (χ3v) is 5.99. The molecular formula is C28H28N2O6. The van der Waals surface area contributed by atoms with Gasteiger partial charge in [-0.2, -0.15) is 5.10 Å². The first-order chi connectivity index (χ1) is 17.5. The number of carbonyl (C=O) groups excluding carboxylic acids is 2. The molecule has 0 aromatic heterocycles. The molecule has 186 valence electrons. The van der Waals surface area contributed by atoms with E-state index >= 15 is 0 Å². The molecule has 8 nitrogen and oxygen atoms in total. The highest BCUT2D eigenvalue weighted by molar-refractivity contribution is 6.03. The summed E-state index contributed by atoms with van der Waals surface area (Å²) in [6.07, 6.45) is 0.968. The van der Waals surface area contributed by atoms with E-state index in [9.17, 15) is 14.7 Å². The number of benzene rings is 3. The van der Waals surface area contributed by atoms with Gasteiger partial charge < -0.3 is 19.3 Å². The van der Waals surface area contributed by atoms with E-state index in [1.54, 1.807) is 25.3 Å². The highest BCUT2D eigenvalue weighted by Gasteiger charge is 2.33. The SMILES string of the molecule is COc1ccc(C2CC(c3ccccc3)=NN2C(=O)COC(=O)CCc2ccc(OC)c(O)c2)cc1. The molecule has 0 fully saturated rings. The van der Waals surface area contributed by atoms with Crippen LogP contribution in [0.1, 0.15) is 35.6 Å². The second kappa shape index (κ2) is 11.4. The Balaban J connectivity index is 1.41. The molecule has 0 bridgehead atoms. The van der Waals surface area contributed by atoms with Gasteiger partial charge in [0.1, 0.15) is 5.75 Å². The quantitative estimate of drug-likeness (QED) is 0.452. The lowest BCUT2D eigenvalue weighted by atomic mass is 9.98. The average Bonchev–Trinajstić information content (AvgIpc) is 3.37. The number of phenolic OH excluding ortho intramolecular Hbond substituents is 1. The highest BCUT2D eigenvalue weighted by atomic mass is 16.5. The molecule has 1 amide bonds. The van der Waals surface area contributed by atoms with Gasteiger partial charge in [-0.3, -0.25) is 9.59 Å². The monoisotopic (exact) mass is 488 g/mol. The molecule has 3 aromatic rings. The second-order valence-electron chi connectivity index (χ2n) is 8.31. The number of aryl methyl sites for hydroxylation is 1. The second-order valence-corrected chi connectivity index (χ2v) is 8.31. The van der Waals surface area contributed by atoms with E-state index in [-0.39, 0.29) is 18.2 Å². The van der Waals surface area contributed by atoms with E-state index in [2.05, 4.69) is 5.10 Å². The van der Waals surface area contributed by atoms with E-state index in [4.69, 9.17) is 14.2 Å². The Morgan fingerprint density at radius 3 is 2.42 bits per heavy atom. The first kappa shape index (κ1) is 24.8. The maximum absolute atomic E-state index is 13.1. The summed E-state index contributed by atoms with van der Waals surface area (Å²) in [5.74, 6) is 0.171. The fourth-order valence-electron chi connectivity index (χ4n) is 4.05. The zero-order valence-electron chi connectivity index (χ0n) is 20.2. The molecule has 1 atom stereocenters. The maximum atomic E-state index is 13.1. The number of aromatic hydroxyl groups is 1. The van der Waals surface area contributed by atoms with Crippen LogP contribution in [0.3, 0.4) is 0 Å². The minimum Gasteiger partial charge on any atom is -0.504 e.